The fourth-order valence-corrected chi connectivity index (χ4v) is 3.95. The van der Waals surface area contributed by atoms with E-state index < -0.39 is 0 Å². The Bertz CT molecular complexity index is 1020. The molecular weight excluding hydrogens is 362 g/mol. The Morgan fingerprint density at radius 2 is 1.86 bits per heavy atom. The first kappa shape index (κ1) is 19.1. The minimum absolute atomic E-state index is 0.0168. The lowest BCUT2D eigenvalue weighted by Gasteiger charge is -2.19. The maximum Gasteiger partial charge on any atom is 0.221 e. The minimum atomic E-state index is -0.348. The predicted octanol–water partition coefficient (Wildman–Crippen LogP) is 3.78. The van der Waals surface area contributed by atoms with Gasteiger partial charge in [0.15, 0.2) is 5.78 Å². The molecule has 0 saturated heterocycles. The lowest BCUT2D eigenvalue weighted by molar-refractivity contribution is -0.121. The van der Waals surface area contributed by atoms with Gasteiger partial charge in [0.25, 0.3) is 0 Å². The molecule has 1 aromatic heterocycles. The number of carbonyl (C=O) groups is 2. The molecule has 29 heavy (non-hydrogen) atoms. The molecule has 3 aromatic rings. The fourth-order valence-electron chi connectivity index (χ4n) is 3.95. The largest absolute Gasteiger partial charge is 0.342 e. The van der Waals surface area contributed by atoms with Crippen LogP contribution in [0.2, 0.25) is 0 Å². The van der Waals surface area contributed by atoms with Crippen LogP contribution in [-0.2, 0) is 24.7 Å². The van der Waals surface area contributed by atoms with Crippen LogP contribution in [0, 0.1) is 0 Å². The van der Waals surface area contributed by atoms with E-state index >= 15 is 0 Å². The lowest BCUT2D eigenvalue weighted by atomic mass is 10.0. The summed E-state index contributed by atoms with van der Waals surface area (Å²) in [6.07, 6.45) is 7.23. The van der Waals surface area contributed by atoms with Gasteiger partial charge in [-0.15, -0.1) is 0 Å². The van der Waals surface area contributed by atoms with Gasteiger partial charge < -0.3 is 9.88 Å². The van der Waals surface area contributed by atoms with Crippen LogP contribution in [0.5, 0.6) is 0 Å². The summed E-state index contributed by atoms with van der Waals surface area (Å²) < 4.78 is 1.90. The first-order valence-electron chi connectivity index (χ1n) is 10.1. The average molecular weight is 387 g/mol. The van der Waals surface area contributed by atoms with Crippen molar-refractivity contribution in [2.75, 3.05) is 0 Å². The Hall–Kier alpha value is -3.21. The van der Waals surface area contributed by atoms with Crippen molar-refractivity contribution in [1.29, 1.82) is 0 Å². The molecule has 1 atom stereocenters. The number of rotatable bonds is 7. The Labute approximate surface area is 170 Å². The topological polar surface area (TPSA) is 64.0 Å². The van der Waals surface area contributed by atoms with Crippen molar-refractivity contribution >= 4 is 11.7 Å². The van der Waals surface area contributed by atoms with Crippen LogP contribution < -0.4 is 5.32 Å². The molecule has 0 radical (unpaired) electrons. The molecule has 1 aliphatic carbocycles. The van der Waals surface area contributed by atoms with E-state index in [1.165, 1.54) is 11.1 Å². The summed E-state index contributed by atoms with van der Waals surface area (Å²) in [5.74, 6) is 0.619. The number of ketones is 1. The Kier molecular flexibility index (Phi) is 5.56. The lowest BCUT2D eigenvalue weighted by Crippen LogP contribution is -2.31. The van der Waals surface area contributed by atoms with E-state index in [-0.39, 0.29) is 30.6 Å². The summed E-state index contributed by atoms with van der Waals surface area (Å²) in [6, 6.07) is 15.4. The van der Waals surface area contributed by atoms with Gasteiger partial charge in [0.05, 0.1) is 0 Å². The molecule has 4 rings (SSSR count). The molecule has 0 unspecified atom stereocenters. The number of imidazole rings is 1. The molecule has 148 valence electrons. The fraction of sp³-hybridized carbons (Fsp3) is 0.292. The van der Waals surface area contributed by atoms with Crippen LogP contribution in [0.25, 0.3) is 0 Å². The number of Topliss-reactive ketones (excluding diaryl/α,β-unsaturated/α-hetero) is 1. The van der Waals surface area contributed by atoms with Gasteiger partial charge in [-0.1, -0.05) is 42.5 Å². The quantitative estimate of drug-likeness (QED) is 0.628. The molecule has 1 amide bonds. The highest BCUT2D eigenvalue weighted by atomic mass is 16.2. The highest BCUT2D eigenvalue weighted by molar-refractivity contribution is 5.98. The summed E-state index contributed by atoms with van der Waals surface area (Å²) in [5, 5.41) is 3.05. The maximum atomic E-state index is 12.7. The number of hydrogen-bond acceptors (Lipinski definition) is 3. The van der Waals surface area contributed by atoms with Crippen LogP contribution in [0.3, 0.4) is 0 Å². The molecule has 2 aromatic carbocycles. The highest BCUT2D eigenvalue weighted by Crippen LogP contribution is 2.24. The van der Waals surface area contributed by atoms with Gasteiger partial charge >= 0.3 is 0 Å². The van der Waals surface area contributed by atoms with Gasteiger partial charge in [-0.05, 0) is 42.0 Å². The minimum Gasteiger partial charge on any atom is -0.342 e. The zero-order valence-electron chi connectivity index (χ0n) is 16.6. The monoisotopic (exact) mass is 387 g/mol. The van der Waals surface area contributed by atoms with E-state index in [4.69, 9.17) is 0 Å². The van der Waals surface area contributed by atoms with Crippen LogP contribution in [0.1, 0.15) is 58.2 Å². The third kappa shape index (κ3) is 4.29. The van der Waals surface area contributed by atoms with Crippen molar-refractivity contribution in [1.82, 2.24) is 14.9 Å². The predicted molar refractivity (Wildman–Crippen MR) is 112 cm³/mol. The van der Waals surface area contributed by atoms with Gasteiger partial charge in [-0.25, -0.2) is 4.98 Å². The van der Waals surface area contributed by atoms with Crippen molar-refractivity contribution in [3.8, 4) is 0 Å². The van der Waals surface area contributed by atoms with Gasteiger partial charge in [0.2, 0.25) is 5.91 Å². The first-order valence-corrected chi connectivity index (χ1v) is 10.1. The molecule has 1 aliphatic rings. The number of amides is 1. The van der Waals surface area contributed by atoms with Gasteiger partial charge in [0, 0.05) is 37.8 Å². The van der Waals surface area contributed by atoms with E-state index in [0.29, 0.717) is 5.56 Å². The maximum absolute atomic E-state index is 12.7. The van der Waals surface area contributed by atoms with Crippen LogP contribution in [0.4, 0.5) is 0 Å². The van der Waals surface area contributed by atoms with Crippen LogP contribution in [-0.4, -0.2) is 21.2 Å². The Morgan fingerprint density at radius 1 is 1.07 bits per heavy atom. The van der Waals surface area contributed by atoms with E-state index in [2.05, 4.69) is 16.4 Å². The van der Waals surface area contributed by atoms with Crippen molar-refractivity contribution in [2.45, 2.75) is 38.1 Å². The summed E-state index contributed by atoms with van der Waals surface area (Å²) in [5.41, 5.74) is 4.29. The van der Waals surface area contributed by atoms with Crippen LogP contribution >= 0.6 is 0 Å². The van der Waals surface area contributed by atoms with Crippen molar-refractivity contribution < 1.29 is 9.59 Å². The molecule has 0 saturated carbocycles. The number of hydrogen-bond donors (Lipinski definition) is 1. The zero-order valence-corrected chi connectivity index (χ0v) is 16.6. The molecule has 0 fully saturated rings. The number of aromatic nitrogens is 2. The third-order valence-corrected chi connectivity index (χ3v) is 5.55. The standard InChI is InChI=1S/C24H25N3O2/c1-27-15-14-25-24(27)23(18-6-3-2-4-7-18)26-22(29)13-12-21(28)20-11-10-17-8-5-9-19(17)16-20/h2-4,6-7,10-11,14-16,23H,5,8-9,12-13H2,1H3,(H,26,29)/t23-/m1/s1. The third-order valence-electron chi connectivity index (χ3n) is 5.55. The molecule has 0 aliphatic heterocycles. The smallest absolute Gasteiger partial charge is 0.221 e. The Balaban J connectivity index is 1.42. The number of nitrogens with zero attached hydrogens (tertiary/aromatic N) is 2. The average Bonchev–Trinajstić information content (AvgIpc) is 3.39. The van der Waals surface area contributed by atoms with Crippen molar-refractivity contribution in [3.05, 3.63) is 89.0 Å². The van der Waals surface area contributed by atoms with Gasteiger partial charge in [-0.3, -0.25) is 9.59 Å². The second-order valence-corrected chi connectivity index (χ2v) is 7.57. The SMILES string of the molecule is Cn1ccnc1[C@H](NC(=O)CCC(=O)c1ccc2c(c1)CCC2)c1ccccc1. The molecule has 1 heterocycles. The summed E-state index contributed by atoms with van der Waals surface area (Å²) in [6.45, 7) is 0. The first-order chi connectivity index (χ1) is 14.1. The summed E-state index contributed by atoms with van der Waals surface area (Å²) in [4.78, 5) is 29.6. The van der Waals surface area contributed by atoms with E-state index in [9.17, 15) is 9.59 Å². The summed E-state index contributed by atoms with van der Waals surface area (Å²) in [7, 11) is 1.90. The zero-order chi connectivity index (χ0) is 20.2. The molecule has 1 N–H and O–H groups in total. The second kappa shape index (κ2) is 8.43. The van der Waals surface area contributed by atoms with Crippen molar-refractivity contribution in [2.24, 2.45) is 7.05 Å². The highest BCUT2D eigenvalue weighted by Gasteiger charge is 2.21. The molecule has 0 spiro atoms. The number of benzene rings is 2. The van der Waals surface area contributed by atoms with Gasteiger partial charge in [0.1, 0.15) is 11.9 Å². The molecule has 0 bridgehead atoms. The van der Waals surface area contributed by atoms with Gasteiger partial charge in [-0.2, -0.15) is 0 Å². The molecular formula is C24H25N3O2. The Morgan fingerprint density at radius 3 is 2.62 bits per heavy atom. The molecule has 5 heteroatoms. The van der Waals surface area contributed by atoms with Crippen LogP contribution in [0.15, 0.2) is 60.9 Å². The normalized spacial score (nSPS) is 13.7. The van der Waals surface area contributed by atoms with E-state index in [1.54, 1.807) is 6.20 Å². The second-order valence-electron chi connectivity index (χ2n) is 7.57. The number of carbonyl (C=O) groups excluding carboxylic acids is 2. The summed E-state index contributed by atoms with van der Waals surface area (Å²) >= 11 is 0. The number of fused-ring (bicyclic) bond motifs is 1. The van der Waals surface area contributed by atoms with E-state index in [1.807, 2.05) is 60.3 Å². The molecule has 5 nitrogen and oxygen atoms in total. The van der Waals surface area contributed by atoms with E-state index in [0.717, 1.165) is 30.7 Å². The van der Waals surface area contributed by atoms with Crippen molar-refractivity contribution in [3.63, 3.8) is 0 Å². The number of nitrogens with one attached hydrogen (secondary N) is 1. The number of aryl methyl sites for hydroxylation is 3.